The van der Waals surface area contributed by atoms with Crippen molar-refractivity contribution in [1.82, 2.24) is 24.3 Å². The van der Waals surface area contributed by atoms with Gasteiger partial charge in [-0.2, -0.15) is 0 Å². The Balaban J connectivity index is 1.07. The molecule has 2 aromatic heterocycles. The molecule has 0 spiro atoms. The summed E-state index contributed by atoms with van der Waals surface area (Å²) in [6.45, 7) is 11.3. The molecule has 314 valence electrons. The number of anilines is 1. The molecule has 5 aromatic rings. The molecule has 7 rings (SSSR count). The molecule has 4 heterocycles. The number of hydrogen-bond donors (Lipinski definition) is 1. The van der Waals surface area contributed by atoms with E-state index >= 15 is 0 Å². The monoisotopic (exact) mass is 853 g/mol. The number of ether oxygens (including phenoxy) is 3. The molecule has 1 fully saturated rings. The van der Waals surface area contributed by atoms with Gasteiger partial charge < -0.3 is 29.0 Å². The van der Waals surface area contributed by atoms with E-state index in [1.54, 1.807) is 34.8 Å². The van der Waals surface area contributed by atoms with Crippen molar-refractivity contribution in [2.24, 2.45) is 12.2 Å². The van der Waals surface area contributed by atoms with Gasteiger partial charge in [-0.25, -0.2) is 9.78 Å². The average Bonchev–Trinajstić information content (AvgIpc) is 3.56. The molecule has 0 radical (unpaired) electrons. The van der Waals surface area contributed by atoms with Gasteiger partial charge in [-0.15, -0.1) is 4.91 Å². The largest absolute Gasteiger partial charge is 0.488 e. The van der Waals surface area contributed by atoms with Crippen LogP contribution in [0, 0.1) is 11.8 Å². The number of carbonyl (C=O) groups is 2. The number of amides is 2. The lowest BCUT2D eigenvalue weighted by Crippen LogP contribution is -2.40. The number of fused-ring (bicyclic) bond motifs is 1. The first-order chi connectivity index (χ1) is 28.8. The Labute approximate surface area is 359 Å². The van der Waals surface area contributed by atoms with Crippen LogP contribution in [0.5, 0.6) is 11.5 Å². The fourth-order valence-corrected chi connectivity index (χ4v) is 8.10. The Hall–Kier alpha value is -5.50. The zero-order valence-corrected chi connectivity index (χ0v) is 36.0. The number of halogens is 2. The molecule has 0 saturated carbocycles. The molecule has 2 aliphatic heterocycles. The molecule has 2 amide bonds. The molecule has 0 bridgehead atoms. The second-order valence-electron chi connectivity index (χ2n) is 16.2. The summed E-state index contributed by atoms with van der Waals surface area (Å²) >= 11 is 13.9. The van der Waals surface area contributed by atoms with Gasteiger partial charge in [0.2, 0.25) is 0 Å². The first-order valence-corrected chi connectivity index (χ1v) is 20.8. The maximum Gasteiger partial charge on any atom is 0.410 e. The highest BCUT2D eigenvalue weighted by molar-refractivity contribution is 6.36. The van der Waals surface area contributed by atoms with E-state index in [-0.39, 0.29) is 31.3 Å². The summed E-state index contributed by atoms with van der Waals surface area (Å²) in [6, 6.07) is 16.8. The molecular formula is C45H49Cl2N7O6. The normalized spacial score (nSPS) is 14.3. The average molecular weight is 855 g/mol. The number of likely N-dealkylation sites (tertiary alicyclic amines) is 1. The van der Waals surface area contributed by atoms with Gasteiger partial charge >= 0.3 is 6.09 Å². The minimum Gasteiger partial charge on any atom is -0.488 e. The van der Waals surface area contributed by atoms with E-state index in [1.165, 1.54) is 12.6 Å². The molecular weight excluding hydrogens is 805 g/mol. The van der Waals surface area contributed by atoms with Crippen LogP contribution in [-0.2, 0) is 44.5 Å². The number of hydrogen-bond acceptors (Lipinski definition) is 10. The number of benzene rings is 3. The highest BCUT2D eigenvalue weighted by atomic mass is 35.5. The van der Waals surface area contributed by atoms with Gasteiger partial charge in [0, 0.05) is 61.2 Å². The van der Waals surface area contributed by atoms with Crippen LogP contribution in [0.2, 0.25) is 10.0 Å². The third-order valence-electron chi connectivity index (χ3n) is 10.7. The minimum atomic E-state index is -0.617. The van der Waals surface area contributed by atoms with Crippen LogP contribution in [0.1, 0.15) is 84.3 Å². The third-order valence-corrected chi connectivity index (χ3v) is 11.4. The quantitative estimate of drug-likeness (QED) is 0.121. The van der Waals surface area contributed by atoms with Crippen molar-refractivity contribution in [1.29, 1.82) is 0 Å². The van der Waals surface area contributed by atoms with Gasteiger partial charge in [0.15, 0.2) is 5.82 Å². The lowest BCUT2D eigenvalue weighted by Gasteiger charge is -2.29. The number of nitrogens with one attached hydrogen (secondary N) is 1. The van der Waals surface area contributed by atoms with E-state index in [9.17, 15) is 14.5 Å². The first kappa shape index (κ1) is 42.6. The number of aromatic nitrogens is 3. The standard InChI is InChI=1S/C45H49Cl2N7O6/c1-28-30(27-59-40-21-39(58-26-29-19-32(51-57)23-48-22-29)31(20-35(40)46)24-53-16-7-6-8-17-53)11-9-12-33(28)34-13-10-14-36(41(34)47)50-43(55)42-49-37-25-54(18-15-38(37)52(42)5)44(56)60-45(2,3)4/h9-14,19-23H,6-8,15-18,24-27H2,1-5H3,(H,50,55). The maximum atomic E-state index is 13.7. The summed E-state index contributed by atoms with van der Waals surface area (Å²) in [6.07, 6.45) is 6.71. The van der Waals surface area contributed by atoms with E-state index in [1.807, 2.05) is 70.2 Å². The number of carbonyl (C=O) groups excluding carboxylic acids is 2. The maximum absolute atomic E-state index is 13.7. The van der Waals surface area contributed by atoms with Crippen LogP contribution in [-0.4, -0.2) is 61.6 Å². The Morgan fingerprint density at radius 3 is 2.42 bits per heavy atom. The van der Waals surface area contributed by atoms with Gasteiger partial charge in [0.05, 0.1) is 34.2 Å². The molecule has 2 aliphatic rings. The number of pyridine rings is 1. The van der Waals surface area contributed by atoms with E-state index in [0.29, 0.717) is 58.0 Å². The number of nitroso groups, excluding NO2 is 1. The highest BCUT2D eigenvalue weighted by Crippen LogP contribution is 2.39. The van der Waals surface area contributed by atoms with E-state index in [4.69, 9.17) is 37.4 Å². The van der Waals surface area contributed by atoms with Crippen LogP contribution < -0.4 is 14.8 Å². The third kappa shape index (κ3) is 9.92. The van der Waals surface area contributed by atoms with Gasteiger partial charge in [-0.05, 0) is 93.7 Å². The van der Waals surface area contributed by atoms with Crippen LogP contribution in [0.4, 0.5) is 16.2 Å². The fraction of sp³-hybridized carbons (Fsp3) is 0.378. The Kier molecular flexibility index (Phi) is 13.1. The van der Waals surface area contributed by atoms with Crippen molar-refractivity contribution >= 4 is 46.6 Å². The number of nitrogens with zero attached hydrogens (tertiary/aromatic N) is 6. The molecule has 60 heavy (non-hydrogen) atoms. The summed E-state index contributed by atoms with van der Waals surface area (Å²) in [5.74, 6) is 0.903. The Morgan fingerprint density at radius 1 is 0.900 bits per heavy atom. The minimum absolute atomic E-state index is 0.185. The molecule has 0 unspecified atom stereocenters. The van der Waals surface area contributed by atoms with Crippen molar-refractivity contribution < 1.29 is 23.8 Å². The predicted molar refractivity (Wildman–Crippen MR) is 232 cm³/mol. The van der Waals surface area contributed by atoms with Gasteiger partial charge in [-0.3, -0.25) is 14.7 Å². The smallest absolute Gasteiger partial charge is 0.410 e. The Morgan fingerprint density at radius 2 is 1.65 bits per heavy atom. The molecule has 13 nitrogen and oxygen atoms in total. The van der Waals surface area contributed by atoms with Crippen LogP contribution in [0.25, 0.3) is 11.1 Å². The first-order valence-electron chi connectivity index (χ1n) is 20.1. The molecule has 1 N–H and O–H groups in total. The topological polar surface area (TPSA) is 140 Å². The molecule has 15 heteroatoms. The number of piperidine rings is 1. The van der Waals surface area contributed by atoms with Crippen molar-refractivity contribution in [3.8, 4) is 22.6 Å². The molecule has 3 aromatic carbocycles. The van der Waals surface area contributed by atoms with E-state index in [2.05, 4.69) is 25.4 Å². The highest BCUT2D eigenvalue weighted by Gasteiger charge is 2.30. The zero-order chi connectivity index (χ0) is 42.6. The van der Waals surface area contributed by atoms with E-state index in [0.717, 1.165) is 59.4 Å². The van der Waals surface area contributed by atoms with Crippen LogP contribution in [0.15, 0.2) is 72.2 Å². The summed E-state index contributed by atoms with van der Waals surface area (Å²) in [4.78, 5) is 50.3. The van der Waals surface area contributed by atoms with Crippen molar-refractivity contribution in [3.05, 3.63) is 121 Å². The van der Waals surface area contributed by atoms with Crippen LogP contribution >= 0.6 is 23.2 Å². The van der Waals surface area contributed by atoms with E-state index < -0.39 is 17.6 Å². The van der Waals surface area contributed by atoms with Crippen LogP contribution in [0.3, 0.4) is 0 Å². The molecule has 0 aliphatic carbocycles. The summed E-state index contributed by atoms with van der Waals surface area (Å²) in [7, 11) is 1.80. The lowest BCUT2D eigenvalue weighted by molar-refractivity contribution is 0.0220. The second kappa shape index (κ2) is 18.4. The summed E-state index contributed by atoms with van der Waals surface area (Å²) in [5.41, 5.74) is 6.73. The molecule has 1 saturated heterocycles. The lowest BCUT2D eigenvalue weighted by atomic mass is 9.96. The fourth-order valence-electron chi connectivity index (χ4n) is 7.58. The SMILES string of the molecule is Cc1c(COc2cc(OCc3cncc(N=O)c3)c(CN3CCCCC3)cc2Cl)cccc1-c1cccc(NC(=O)c2nc3c(n2C)CCN(C(=O)OC(C)(C)C)C3)c1Cl. The van der Waals surface area contributed by atoms with Crippen molar-refractivity contribution in [3.63, 3.8) is 0 Å². The number of imidazole rings is 1. The Bertz CT molecular complexity index is 2410. The summed E-state index contributed by atoms with van der Waals surface area (Å²) in [5, 5.41) is 6.81. The van der Waals surface area contributed by atoms with Crippen molar-refractivity contribution in [2.75, 3.05) is 25.0 Å². The molecule has 0 atom stereocenters. The van der Waals surface area contributed by atoms with Gasteiger partial charge in [0.1, 0.15) is 36.0 Å². The second-order valence-corrected chi connectivity index (χ2v) is 17.0. The van der Waals surface area contributed by atoms with Crippen molar-refractivity contribution in [2.45, 2.75) is 85.3 Å². The predicted octanol–water partition coefficient (Wildman–Crippen LogP) is 10.2. The van der Waals surface area contributed by atoms with Gasteiger partial charge in [0.25, 0.3) is 5.91 Å². The zero-order valence-electron chi connectivity index (χ0n) is 34.5. The summed E-state index contributed by atoms with van der Waals surface area (Å²) < 4.78 is 20.0. The van der Waals surface area contributed by atoms with Gasteiger partial charge in [-0.1, -0.05) is 60.0 Å². The number of rotatable bonds is 12.